The van der Waals surface area contributed by atoms with Crippen LogP contribution in [0.15, 0.2) is 0 Å². The van der Waals surface area contributed by atoms with Gasteiger partial charge in [-0.05, 0) is 25.7 Å². The molecule has 2 N–H and O–H groups in total. The van der Waals surface area contributed by atoms with Crippen molar-refractivity contribution in [2.45, 2.75) is 39.2 Å². The van der Waals surface area contributed by atoms with E-state index in [1.54, 1.807) is 0 Å². The Balaban J connectivity index is 2.57. The van der Waals surface area contributed by atoms with Gasteiger partial charge < -0.3 is 10.6 Å². The second-order valence-corrected chi connectivity index (χ2v) is 4.61. The highest BCUT2D eigenvalue weighted by atomic mass is 32.1. The Labute approximate surface area is 90.6 Å². The van der Waals surface area contributed by atoms with E-state index in [0.29, 0.717) is 16.9 Å². The fourth-order valence-electron chi connectivity index (χ4n) is 1.94. The summed E-state index contributed by atoms with van der Waals surface area (Å²) in [6.45, 7) is 5.14. The maximum atomic E-state index is 11.7. The van der Waals surface area contributed by atoms with Crippen molar-refractivity contribution in [3.8, 4) is 0 Å². The molecule has 1 fully saturated rings. The number of piperidine rings is 1. The number of thiocarbonyl (C=S) groups is 1. The van der Waals surface area contributed by atoms with Gasteiger partial charge in [-0.2, -0.15) is 0 Å². The molecule has 0 aromatic carbocycles. The Bertz CT molecular complexity index is 242. The van der Waals surface area contributed by atoms with Crippen molar-refractivity contribution < 1.29 is 4.79 Å². The summed E-state index contributed by atoms with van der Waals surface area (Å²) < 4.78 is 0. The molecule has 0 aromatic heterocycles. The largest absolute Gasteiger partial charge is 0.393 e. The molecular formula is C10H18N2OS. The highest BCUT2D eigenvalue weighted by Crippen LogP contribution is 2.23. The molecule has 1 aliphatic heterocycles. The maximum absolute atomic E-state index is 11.7. The van der Waals surface area contributed by atoms with E-state index in [-0.39, 0.29) is 12.3 Å². The van der Waals surface area contributed by atoms with Crippen LogP contribution in [0.2, 0.25) is 0 Å². The molecule has 2 unspecified atom stereocenters. The van der Waals surface area contributed by atoms with Gasteiger partial charge in [0.25, 0.3) is 0 Å². The zero-order chi connectivity index (χ0) is 10.7. The first-order valence-electron chi connectivity index (χ1n) is 5.10. The number of hydrogen-bond acceptors (Lipinski definition) is 2. The van der Waals surface area contributed by atoms with Gasteiger partial charge in [-0.3, -0.25) is 4.79 Å². The quantitative estimate of drug-likeness (QED) is 0.705. The lowest BCUT2D eigenvalue weighted by atomic mass is 9.92. The molecule has 3 nitrogen and oxygen atoms in total. The molecule has 0 radical (unpaired) electrons. The van der Waals surface area contributed by atoms with Gasteiger partial charge in [0.2, 0.25) is 5.91 Å². The first-order valence-corrected chi connectivity index (χ1v) is 5.51. The number of nitrogens with zero attached hydrogens (tertiary/aromatic N) is 1. The SMILES string of the molecule is CC1CCCN(C(=O)CC(N)=S)C1C. The van der Waals surface area contributed by atoms with Gasteiger partial charge in [0, 0.05) is 12.6 Å². The zero-order valence-corrected chi connectivity index (χ0v) is 9.64. The van der Waals surface area contributed by atoms with Gasteiger partial charge in [-0.25, -0.2) is 0 Å². The molecule has 0 saturated carbocycles. The van der Waals surface area contributed by atoms with Crippen LogP contribution in [0, 0.1) is 5.92 Å². The second kappa shape index (κ2) is 4.73. The van der Waals surface area contributed by atoms with Crippen LogP contribution >= 0.6 is 12.2 Å². The van der Waals surface area contributed by atoms with E-state index >= 15 is 0 Å². The smallest absolute Gasteiger partial charge is 0.229 e. The molecule has 0 spiro atoms. The molecule has 0 aliphatic carbocycles. The molecule has 1 rings (SSSR count). The van der Waals surface area contributed by atoms with Crippen molar-refractivity contribution >= 4 is 23.1 Å². The molecule has 1 heterocycles. The van der Waals surface area contributed by atoms with E-state index in [4.69, 9.17) is 18.0 Å². The number of rotatable bonds is 2. The van der Waals surface area contributed by atoms with Crippen molar-refractivity contribution in [2.24, 2.45) is 11.7 Å². The average molecular weight is 214 g/mol. The third kappa shape index (κ3) is 2.67. The molecule has 0 aromatic rings. The number of carbonyl (C=O) groups excluding carboxylic acids is 1. The van der Waals surface area contributed by atoms with Crippen LogP contribution in [0.5, 0.6) is 0 Å². The standard InChI is InChI=1S/C10H18N2OS/c1-7-4-3-5-12(8(7)2)10(13)6-9(11)14/h7-8H,3-6H2,1-2H3,(H2,11,14). The molecular weight excluding hydrogens is 196 g/mol. The minimum Gasteiger partial charge on any atom is -0.393 e. The van der Waals surface area contributed by atoms with Crippen molar-refractivity contribution in [1.29, 1.82) is 0 Å². The van der Waals surface area contributed by atoms with E-state index in [1.165, 1.54) is 6.42 Å². The van der Waals surface area contributed by atoms with Crippen molar-refractivity contribution in [2.75, 3.05) is 6.54 Å². The maximum Gasteiger partial charge on any atom is 0.229 e. The molecule has 4 heteroatoms. The number of hydrogen-bond donors (Lipinski definition) is 1. The summed E-state index contributed by atoms with van der Waals surface area (Å²) in [5.41, 5.74) is 5.36. The third-order valence-electron chi connectivity index (χ3n) is 3.02. The Morgan fingerprint density at radius 3 is 2.79 bits per heavy atom. The Hall–Kier alpha value is -0.640. The van der Waals surface area contributed by atoms with E-state index in [9.17, 15) is 4.79 Å². The van der Waals surface area contributed by atoms with Gasteiger partial charge in [0.05, 0.1) is 11.4 Å². The number of likely N-dealkylation sites (tertiary alicyclic amines) is 1. The Morgan fingerprint density at radius 1 is 1.57 bits per heavy atom. The normalized spacial score (nSPS) is 27.4. The molecule has 0 bridgehead atoms. The summed E-state index contributed by atoms with van der Waals surface area (Å²) in [4.78, 5) is 13.9. The molecule has 1 saturated heterocycles. The lowest BCUT2D eigenvalue weighted by Gasteiger charge is -2.37. The van der Waals surface area contributed by atoms with Crippen molar-refractivity contribution in [3.63, 3.8) is 0 Å². The van der Waals surface area contributed by atoms with Crippen LogP contribution in [0.25, 0.3) is 0 Å². The summed E-state index contributed by atoms with van der Waals surface area (Å²) in [5.74, 6) is 0.663. The molecule has 2 atom stereocenters. The molecule has 14 heavy (non-hydrogen) atoms. The number of carbonyl (C=O) groups is 1. The minimum absolute atomic E-state index is 0.0801. The van der Waals surface area contributed by atoms with Crippen LogP contribution in [-0.2, 0) is 4.79 Å². The molecule has 1 amide bonds. The fraction of sp³-hybridized carbons (Fsp3) is 0.800. The minimum atomic E-state index is 0.0801. The lowest BCUT2D eigenvalue weighted by Crippen LogP contribution is -2.46. The van der Waals surface area contributed by atoms with Gasteiger partial charge in [0.15, 0.2) is 0 Å². The first-order chi connectivity index (χ1) is 6.52. The monoisotopic (exact) mass is 214 g/mol. The predicted octanol–water partition coefficient (Wildman–Crippen LogP) is 1.31. The van der Waals surface area contributed by atoms with E-state index in [2.05, 4.69) is 13.8 Å². The van der Waals surface area contributed by atoms with Gasteiger partial charge in [-0.1, -0.05) is 19.1 Å². The van der Waals surface area contributed by atoms with E-state index in [0.717, 1.165) is 13.0 Å². The first kappa shape index (κ1) is 11.4. The number of nitrogens with two attached hydrogens (primary N) is 1. The zero-order valence-electron chi connectivity index (χ0n) is 8.82. The summed E-state index contributed by atoms with van der Waals surface area (Å²) in [6, 6.07) is 0.325. The summed E-state index contributed by atoms with van der Waals surface area (Å²) in [7, 11) is 0. The van der Waals surface area contributed by atoms with Gasteiger partial charge in [0.1, 0.15) is 0 Å². The van der Waals surface area contributed by atoms with Crippen LogP contribution < -0.4 is 5.73 Å². The van der Waals surface area contributed by atoms with Crippen LogP contribution in [0.3, 0.4) is 0 Å². The third-order valence-corrected chi connectivity index (χ3v) is 3.16. The predicted molar refractivity (Wildman–Crippen MR) is 61.0 cm³/mol. The second-order valence-electron chi connectivity index (χ2n) is 4.09. The van der Waals surface area contributed by atoms with E-state index in [1.807, 2.05) is 4.90 Å². The summed E-state index contributed by atoms with van der Waals surface area (Å²) in [6.07, 6.45) is 2.51. The average Bonchev–Trinajstić information content (AvgIpc) is 2.08. The Morgan fingerprint density at radius 2 is 2.21 bits per heavy atom. The highest BCUT2D eigenvalue weighted by Gasteiger charge is 2.28. The fourth-order valence-corrected chi connectivity index (χ4v) is 2.06. The van der Waals surface area contributed by atoms with E-state index < -0.39 is 0 Å². The summed E-state index contributed by atoms with van der Waals surface area (Å²) >= 11 is 4.74. The Kier molecular flexibility index (Phi) is 3.86. The topological polar surface area (TPSA) is 46.3 Å². The number of amides is 1. The molecule has 1 aliphatic rings. The van der Waals surface area contributed by atoms with Crippen LogP contribution in [0.4, 0.5) is 0 Å². The van der Waals surface area contributed by atoms with Crippen LogP contribution in [-0.4, -0.2) is 28.4 Å². The van der Waals surface area contributed by atoms with Crippen molar-refractivity contribution in [3.05, 3.63) is 0 Å². The summed E-state index contributed by atoms with van der Waals surface area (Å²) in [5, 5.41) is 0. The lowest BCUT2D eigenvalue weighted by molar-refractivity contribution is -0.134. The van der Waals surface area contributed by atoms with Crippen LogP contribution in [0.1, 0.15) is 33.1 Å². The molecule has 80 valence electrons. The van der Waals surface area contributed by atoms with Gasteiger partial charge in [-0.15, -0.1) is 0 Å². The van der Waals surface area contributed by atoms with Crippen molar-refractivity contribution in [1.82, 2.24) is 4.90 Å². The van der Waals surface area contributed by atoms with Gasteiger partial charge >= 0.3 is 0 Å². The highest BCUT2D eigenvalue weighted by molar-refractivity contribution is 7.80.